The van der Waals surface area contributed by atoms with E-state index in [4.69, 9.17) is 26.2 Å². The van der Waals surface area contributed by atoms with Crippen LogP contribution in [0.5, 0.6) is 0 Å². The molecule has 2 unspecified atom stereocenters. The zero-order valence-corrected chi connectivity index (χ0v) is 7.29. The maximum atomic E-state index is 10.3. The molecule has 70 valence electrons. The van der Waals surface area contributed by atoms with Crippen LogP contribution < -0.4 is 0 Å². The summed E-state index contributed by atoms with van der Waals surface area (Å²) in [5.41, 5.74) is 0. The van der Waals surface area contributed by atoms with Gasteiger partial charge in [0, 0.05) is 6.61 Å². The summed E-state index contributed by atoms with van der Waals surface area (Å²) in [6, 6.07) is 0. The molecule has 2 atom stereocenters. The summed E-state index contributed by atoms with van der Waals surface area (Å²) in [6.45, 7) is 1.28. The number of hydrogen-bond donors (Lipinski definition) is 1. The van der Waals surface area contributed by atoms with Gasteiger partial charge in [0.1, 0.15) is 0 Å². The Morgan fingerprint density at radius 3 is 3.08 bits per heavy atom. The molecule has 1 fully saturated rings. The van der Waals surface area contributed by atoms with Crippen molar-refractivity contribution in [1.82, 2.24) is 0 Å². The summed E-state index contributed by atoms with van der Waals surface area (Å²) >= 11 is 5.43. The van der Waals surface area contributed by atoms with Gasteiger partial charge in [-0.1, -0.05) is 0 Å². The number of rotatable bonds is 4. The minimum atomic E-state index is -1.05. The van der Waals surface area contributed by atoms with Gasteiger partial charge in [-0.15, -0.1) is 11.6 Å². The van der Waals surface area contributed by atoms with Crippen LogP contribution in [0, 0.1) is 0 Å². The lowest BCUT2D eigenvalue weighted by Crippen LogP contribution is -2.24. The van der Waals surface area contributed by atoms with Crippen molar-refractivity contribution in [3.63, 3.8) is 0 Å². The van der Waals surface area contributed by atoms with Gasteiger partial charge in [0.25, 0.3) is 0 Å². The normalized spacial score (nSPS) is 25.6. The highest BCUT2D eigenvalue weighted by Gasteiger charge is 2.20. The Hall–Kier alpha value is -0.320. The Bertz CT molecular complexity index is 155. The fourth-order valence-corrected chi connectivity index (χ4v) is 1.01. The maximum Gasteiger partial charge on any atom is 0.324 e. The first-order chi connectivity index (χ1) is 5.70. The van der Waals surface area contributed by atoms with Gasteiger partial charge in [-0.2, -0.15) is 0 Å². The zero-order valence-electron chi connectivity index (χ0n) is 6.53. The quantitative estimate of drug-likeness (QED) is 0.662. The first-order valence-electron chi connectivity index (χ1n) is 3.76. The summed E-state index contributed by atoms with van der Waals surface area (Å²) < 4.78 is 10.2. The molecule has 1 saturated heterocycles. The van der Waals surface area contributed by atoms with Gasteiger partial charge in [0.15, 0.2) is 5.38 Å². The van der Waals surface area contributed by atoms with Crippen molar-refractivity contribution in [2.45, 2.75) is 17.9 Å². The average Bonchev–Trinajstić information content (AvgIpc) is 2.51. The number of aliphatic carboxylic acids is 1. The van der Waals surface area contributed by atoms with Gasteiger partial charge >= 0.3 is 5.97 Å². The van der Waals surface area contributed by atoms with Gasteiger partial charge in [0.05, 0.1) is 19.3 Å². The highest BCUT2D eigenvalue weighted by molar-refractivity contribution is 6.29. The SMILES string of the molecule is O=C(O)C(Cl)COC1CCOC1. The topological polar surface area (TPSA) is 55.8 Å². The van der Waals surface area contributed by atoms with E-state index in [2.05, 4.69) is 0 Å². The number of carbonyl (C=O) groups is 1. The maximum absolute atomic E-state index is 10.3. The van der Waals surface area contributed by atoms with Crippen molar-refractivity contribution in [3.8, 4) is 0 Å². The van der Waals surface area contributed by atoms with Gasteiger partial charge in [0.2, 0.25) is 0 Å². The van der Waals surface area contributed by atoms with E-state index in [1.165, 1.54) is 0 Å². The third-order valence-electron chi connectivity index (χ3n) is 1.63. The van der Waals surface area contributed by atoms with Gasteiger partial charge < -0.3 is 14.6 Å². The largest absolute Gasteiger partial charge is 0.480 e. The van der Waals surface area contributed by atoms with Crippen LogP contribution in [0.25, 0.3) is 0 Å². The van der Waals surface area contributed by atoms with Gasteiger partial charge in [-0.3, -0.25) is 4.79 Å². The van der Waals surface area contributed by atoms with Crippen molar-refractivity contribution >= 4 is 17.6 Å². The first kappa shape index (κ1) is 9.77. The molecule has 1 rings (SSSR count). The number of ether oxygens (including phenoxy) is 2. The van der Waals surface area contributed by atoms with Crippen molar-refractivity contribution in [2.24, 2.45) is 0 Å². The van der Waals surface area contributed by atoms with E-state index in [9.17, 15) is 4.79 Å². The molecule has 1 N–H and O–H groups in total. The molecular formula is C7H11ClO4. The van der Waals surface area contributed by atoms with Crippen LogP contribution in [-0.4, -0.2) is 42.4 Å². The molecule has 0 spiro atoms. The lowest BCUT2D eigenvalue weighted by atomic mass is 10.3. The number of halogens is 1. The molecule has 4 nitrogen and oxygen atoms in total. The molecule has 0 amide bonds. The van der Waals surface area contributed by atoms with Crippen molar-refractivity contribution in [2.75, 3.05) is 19.8 Å². The van der Waals surface area contributed by atoms with Crippen molar-refractivity contribution in [3.05, 3.63) is 0 Å². The molecule has 0 saturated carbocycles. The summed E-state index contributed by atoms with van der Waals surface area (Å²) in [4.78, 5) is 10.3. The molecule has 5 heteroatoms. The number of carboxylic acid groups (broad SMARTS) is 1. The van der Waals surface area contributed by atoms with E-state index in [-0.39, 0.29) is 12.7 Å². The monoisotopic (exact) mass is 194 g/mol. The molecule has 12 heavy (non-hydrogen) atoms. The average molecular weight is 195 g/mol. The van der Waals surface area contributed by atoms with Crippen LogP contribution in [0.15, 0.2) is 0 Å². The van der Waals surface area contributed by atoms with E-state index in [1.54, 1.807) is 0 Å². The van der Waals surface area contributed by atoms with E-state index in [1.807, 2.05) is 0 Å². The van der Waals surface area contributed by atoms with E-state index in [0.29, 0.717) is 13.2 Å². The van der Waals surface area contributed by atoms with Crippen molar-refractivity contribution < 1.29 is 19.4 Å². The third-order valence-corrected chi connectivity index (χ3v) is 1.95. The Kier molecular flexibility index (Phi) is 3.78. The second-order valence-corrected chi connectivity index (χ2v) is 3.15. The molecule has 1 aliphatic heterocycles. The minimum absolute atomic E-state index is 0.0191. The summed E-state index contributed by atoms with van der Waals surface area (Å²) in [7, 11) is 0. The highest BCUT2D eigenvalue weighted by Crippen LogP contribution is 2.09. The molecule has 0 aromatic carbocycles. The number of alkyl halides is 1. The smallest absolute Gasteiger partial charge is 0.324 e. The Morgan fingerprint density at radius 1 is 1.83 bits per heavy atom. The minimum Gasteiger partial charge on any atom is -0.480 e. The lowest BCUT2D eigenvalue weighted by molar-refractivity contribution is -0.138. The van der Waals surface area contributed by atoms with Gasteiger partial charge in [-0.25, -0.2) is 0 Å². The van der Waals surface area contributed by atoms with Crippen LogP contribution in [0.1, 0.15) is 6.42 Å². The fraction of sp³-hybridized carbons (Fsp3) is 0.857. The molecule has 1 aliphatic rings. The predicted molar refractivity (Wildman–Crippen MR) is 42.5 cm³/mol. The van der Waals surface area contributed by atoms with Crippen LogP contribution in [0.2, 0.25) is 0 Å². The fourth-order valence-electron chi connectivity index (χ4n) is 0.936. The standard InChI is InChI=1S/C7H11ClO4/c8-6(7(9)10)4-12-5-1-2-11-3-5/h5-6H,1-4H2,(H,9,10). The summed E-state index contributed by atoms with van der Waals surface area (Å²) in [5.74, 6) is -1.05. The number of hydrogen-bond acceptors (Lipinski definition) is 3. The third kappa shape index (κ3) is 2.97. The van der Waals surface area contributed by atoms with Crippen LogP contribution in [0.3, 0.4) is 0 Å². The summed E-state index contributed by atoms with van der Waals surface area (Å²) in [5, 5.41) is 7.46. The van der Waals surface area contributed by atoms with E-state index >= 15 is 0 Å². The lowest BCUT2D eigenvalue weighted by Gasteiger charge is -2.10. The van der Waals surface area contributed by atoms with Gasteiger partial charge in [-0.05, 0) is 6.42 Å². The molecule has 0 aromatic rings. The Balaban J connectivity index is 2.11. The second-order valence-electron chi connectivity index (χ2n) is 2.62. The Morgan fingerprint density at radius 2 is 2.58 bits per heavy atom. The first-order valence-corrected chi connectivity index (χ1v) is 4.20. The number of carboxylic acids is 1. The molecular weight excluding hydrogens is 184 g/mol. The van der Waals surface area contributed by atoms with Crippen LogP contribution in [-0.2, 0) is 14.3 Å². The second kappa shape index (κ2) is 4.64. The van der Waals surface area contributed by atoms with Crippen LogP contribution >= 0.6 is 11.6 Å². The van der Waals surface area contributed by atoms with E-state index in [0.717, 1.165) is 6.42 Å². The Labute approximate surface area is 75.4 Å². The molecule has 1 heterocycles. The summed E-state index contributed by atoms with van der Waals surface area (Å²) in [6.07, 6.45) is 0.842. The molecule has 0 aromatic heterocycles. The zero-order chi connectivity index (χ0) is 8.97. The predicted octanol–water partition coefficient (Wildman–Crippen LogP) is 0.484. The van der Waals surface area contributed by atoms with E-state index < -0.39 is 11.3 Å². The van der Waals surface area contributed by atoms with Crippen molar-refractivity contribution in [1.29, 1.82) is 0 Å². The highest BCUT2D eigenvalue weighted by atomic mass is 35.5. The molecule has 0 aliphatic carbocycles. The molecule has 0 radical (unpaired) electrons. The van der Waals surface area contributed by atoms with Crippen LogP contribution in [0.4, 0.5) is 0 Å². The molecule has 0 bridgehead atoms.